The number of hydrogen-bond donors (Lipinski definition) is 1. The fraction of sp³-hybridized carbons (Fsp3) is 0.316. The van der Waals surface area contributed by atoms with Gasteiger partial charge in [0.1, 0.15) is 11.5 Å². The number of halogens is 1. The normalized spacial score (nSPS) is 16.0. The Balaban J connectivity index is 1.59. The summed E-state index contributed by atoms with van der Waals surface area (Å²) in [6, 6.07) is 12.0. The van der Waals surface area contributed by atoms with Gasteiger partial charge in [0.05, 0.1) is 11.0 Å². The largest absolute Gasteiger partial charge is 0.369 e. The zero-order valence-corrected chi connectivity index (χ0v) is 15.0. The number of nitrogens with zero attached hydrogens (tertiary/aromatic N) is 3. The van der Waals surface area contributed by atoms with Gasteiger partial charge in [-0.1, -0.05) is 12.1 Å². The highest BCUT2D eigenvalue weighted by Crippen LogP contribution is 2.24. The number of nitro benzene ring substituents is 1. The number of piperazine rings is 1. The van der Waals surface area contributed by atoms with Crippen LogP contribution in [0.4, 0.5) is 21.5 Å². The topological polar surface area (TPSA) is 78.7 Å². The lowest BCUT2D eigenvalue weighted by atomic mass is 10.2. The first-order valence-electron chi connectivity index (χ1n) is 8.74. The Kier molecular flexibility index (Phi) is 5.66. The summed E-state index contributed by atoms with van der Waals surface area (Å²) in [5.41, 5.74) is 1.02. The molecule has 0 aliphatic carbocycles. The van der Waals surface area contributed by atoms with Crippen LogP contribution in [0.5, 0.6) is 0 Å². The third kappa shape index (κ3) is 4.40. The van der Waals surface area contributed by atoms with Crippen molar-refractivity contribution in [3.8, 4) is 0 Å². The van der Waals surface area contributed by atoms with Crippen molar-refractivity contribution in [2.24, 2.45) is 0 Å². The maximum absolute atomic E-state index is 13.1. The predicted molar refractivity (Wildman–Crippen MR) is 101 cm³/mol. The SMILES string of the molecule is C[C@@H](C(=O)Nc1ccccc1[N+](=O)[O-])N1CCN(c2ccc(F)cc2)CC1. The van der Waals surface area contributed by atoms with Gasteiger partial charge in [0, 0.05) is 37.9 Å². The molecule has 1 aliphatic heterocycles. The van der Waals surface area contributed by atoms with E-state index in [1.807, 2.05) is 4.90 Å². The number of hydrogen-bond acceptors (Lipinski definition) is 5. The van der Waals surface area contributed by atoms with Gasteiger partial charge in [0.15, 0.2) is 0 Å². The van der Waals surface area contributed by atoms with Crippen molar-refractivity contribution in [3.05, 3.63) is 64.5 Å². The zero-order valence-electron chi connectivity index (χ0n) is 15.0. The quantitative estimate of drug-likeness (QED) is 0.645. The lowest BCUT2D eigenvalue weighted by Gasteiger charge is -2.38. The number of nitrogens with one attached hydrogen (secondary N) is 1. The van der Waals surface area contributed by atoms with Gasteiger partial charge in [-0.25, -0.2) is 4.39 Å². The lowest BCUT2D eigenvalue weighted by Crippen LogP contribution is -2.52. The second kappa shape index (κ2) is 8.13. The smallest absolute Gasteiger partial charge is 0.292 e. The highest BCUT2D eigenvalue weighted by molar-refractivity contribution is 5.96. The maximum atomic E-state index is 13.1. The van der Waals surface area contributed by atoms with Crippen LogP contribution in [0.25, 0.3) is 0 Å². The fourth-order valence-electron chi connectivity index (χ4n) is 3.16. The number of nitro groups is 1. The Bertz CT molecular complexity index is 820. The molecule has 0 bridgehead atoms. The zero-order chi connectivity index (χ0) is 19.4. The number of anilines is 2. The summed E-state index contributed by atoms with van der Waals surface area (Å²) in [6.07, 6.45) is 0. The summed E-state index contributed by atoms with van der Waals surface area (Å²) < 4.78 is 13.1. The summed E-state index contributed by atoms with van der Waals surface area (Å²) in [4.78, 5) is 27.3. The highest BCUT2D eigenvalue weighted by atomic mass is 19.1. The number of rotatable bonds is 5. The van der Waals surface area contributed by atoms with E-state index in [0.717, 1.165) is 18.8 Å². The molecule has 0 unspecified atom stereocenters. The van der Waals surface area contributed by atoms with Crippen LogP contribution < -0.4 is 10.2 Å². The third-order valence-corrected chi connectivity index (χ3v) is 4.79. The van der Waals surface area contributed by atoms with Gasteiger partial charge in [-0.05, 0) is 37.3 Å². The van der Waals surface area contributed by atoms with Crippen LogP contribution in [0.15, 0.2) is 48.5 Å². The second-order valence-electron chi connectivity index (χ2n) is 6.44. The van der Waals surface area contributed by atoms with Crippen LogP contribution in [-0.2, 0) is 4.79 Å². The van der Waals surface area contributed by atoms with E-state index in [-0.39, 0.29) is 23.1 Å². The molecule has 0 aromatic heterocycles. The molecule has 2 aromatic carbocycles. The molecular formula is C19H21FN4O3. The van der Waals surface area contributed by atoms with E-state index >= 15 is 0 Å². The molecule has 1 atom stereocenters. The lowest BCUT2D eigenvalue weighted by molar-refractivity contribution is -0.383. The van der Waals surface area contributed by atoms with Gasteiger partial charge < -0.3 is 10.2 Å². The first-order chi connectivity index (χ1) is 13.0. The summed E-state index contributed by atoms with van der Waals surface area (Å²) in [5, 5.41) is 13.7. The molecule has 1 aliphatic rings. The first kappa shape index (κ1) is 18.8. The summed E-state index contributed by atoms with van der Waals surface area (Å²) in [6.45, 7) is 4.56. The van der Waals surface area contributed by atoms with Crippen LogP contribution in [0, 0.1) is 15.9 Å². The minimum Gasteiger partial charge on any atom is -0.369 e. The summed E-state index contributed by atoms with van der Waals surface area (Å²) in [7, 11) is 0. The Hall–Kier alpha value is -3.00. The van der Waals surface area contributed by atoms with Gasteiger partial charge in [-0.2, -0.15) is 0 Å². The molecule has 8 heteroatoms. The van der Waals surface area contributed by atoms with Crippen molar-refractivity contribution in [1.29, 1.82) is 0 Å². The van der Waals surface area contributed by atoms with Gasteiger partial charge in [-0.15, -0.1) is 0 Å². The van der Waals surface area contributed by atoms with Gasteiger partial charge >= 0.3 is 0 Å². The molecule has 1 amide bonds. The molecule has 7 nitrogen and oxygen atoms in total. The minimum absolute atomic E-state index is 0.126. The molecule has 1 saturated heterocycles. The van der Waals surface area contributed by atoms with Crippen LogP contribution in [-0.4, -0.2) is 48.0 Å². The average Bonchev–Trinajstić information content (AvgIpc) is 2.68. The molecule has 0 saturated carbocycles. The Morgan fingerprint density at radius 2 is 1.74 bits per heavy atom. The molecule has 1 fully saturated rings. The van der Waals surface area contributed by atoms with E-state index in [1.165, 1.54) is 24.3 Å². The van der Waals surface area contributed by atoms with Crippen molar-refractivity contribution in [2.45, 2.75) is 13.0 Å². The van der Waals surface area contributed by atoms with Gasteiger partial charge in [0.25, 0.3) is 5.69 Å². The monoisotopic (exact) mass is 372 g/mol. The van der Waals surface area contributed by atoms with E-state index in [1.54, 1.807) is 31.2 Å². The van der Waals surface area contributed by atoms with E-state index in [0.29, 0.717) is 13.1 Å². The number of amides is 1. The van der Waals surface area contributed by atoms with E-state index in [4.69, 9.17) is 0 Å². The maximum Gasteiger partial charge on any atom is 0.292 e. The molecule has 142 valence electrons. The molecule has 1 heterocycles. The number of carbonyl (C=O) groups excluding carboxylic acids is 1. The van der Waals surface area contributed by atoms with E-state index in [2.05, 4.69) is 10.2 Å². The van der Waals surface area contributed by atoms with E-state index in [9.17, 15) is 19.3 Å². The average molecular weight is 372 g/mol. The van der Waals surface area contributed by atoms with E-state index < -0.39 is 11.0 Å². The van der Waals surface area contributed by atoms with Gasteiger partial charge in [-0.3, -0.25) is 19.8 Å². The molecule has 0 radical (unpaired) electrons. The molecule has 1 N–H and O–H groups in total. The second-order valence-corrected chi connectivity index (χ2v) is 6.44. The molecular weight excluding hydrogens is 351 g/mol. The third-order valence-electron chi connectivity index (χ3n) is 4.79. The van der Waals surface area contributed by atoms with Crippen molar-refractivity contribution in [1.82, 2.24) is 4.90 Å². The van der Waals surface area contributed by atoms with Crippen molar-refractivity contribution in [3.63, 3.8) is 0 Å². The highest BCUT2D eigenvalue weighted by Gasteiger charge is 2.27. The Morgan fingerprint density at radius 1 is 1.11 bits per heavy atom. The van der Waals surface area contributed by atoms with Crippen molar-refractivity contribution < 1.29 is 14.1 Å². The Labute approximate surface area is 156 Å². The van der Waals surface area contributed by atoms with Crippen LogP contribution in [0.3, 0.4) is 0 Å². The number of para-hydroxylation sites is 2. The van der Waals surface area contributed by atoms with Crippen molar-refractivity contribution in [2.75, 3.05) is 36.4 Å². The van der Waals surface area contributed by atoms with Crippen molar-refractivity contribution >= 4 is 23.0 Å². The number of benzene rings is 2. The predicted octanol–water partition coefficient (Wildman–Crippen LogP) is 2.88. The van der Waals surface area contributed by atoms with Crippen LogP contribution >= 0.6 is 0 Å². The summed E-state index contributed by atoms with van der Waals surface area (Å²) >= 11 is 0. The fourth-order valence-corrected chi connectivity index (χ4v) is 3.16. The summed E-state index contributed by atoms with van der Waals surface area (Å²) in [5.74, 6) is -0.544. The van der Waals surface area contributed by atoms with Crippen LogP contribution in [0.2, 0.25) is 0 Å². The molecule has 27 heavy (non-hydrogen) atoms. The van der Waals surface area contributed by atoms with Crippen LogP contribution in [0.1, 0.15) is 6.92 Å². The molecule has 3 rings (SSSR count). The minimum atomic E-state index is -0.512. The standard InChI is InChI=1S/C19H21FN4O3/c1-14(19(25)21-17-4-2-3-5-18(17)24(26)27)22-10-12-23(13-11-22)16-8-6-15(20)7-9-16/h2-9,14H,10-13H2,1H3,(H,21,25)/t14-/m0/s1. The first-order valence-corrected chi connectivity index (χ1v) is 8.74. The molecule has 2 aromatic rings. The molecule has 0 spiro atoms. The van der Waals surface area contributed by atoms with Gasteiger partial charge in [0.2, 0.25) is 5.91 Å². The number of carbonyl (C=O) groups is 1. The Morgan fingerprint density at radius 3 is 2.37 bits per heavy atom.